The van der Waals surface area contributed by atoms with Crippen LogP contribution in [0, 0.1) is 0 Å². The lowest BCUT2D eigenvalue weighted by molar-refractivity contribution is -0.137. The number of aromatic nitrogens is 2. The molecule has 0 bridgehead atoms. The van der Waals surface area contributed by atoms with E-state index < -0.39 is 11.7 Å². The number of unbranched alkanes of at least 4 members (excludes halogenated alkanes) is 3. The van der Waals surface area contributed by atoms with Crippen LogP contribution in [0.3, 0.4) is 0 Å². The maximum Gasteiger partial charge on any atom is 0.421 e. The number of nitrogens with zero attached hydrogens (tertiary/aromatic N) is 2. The van der Waals surface area contributed by atoms with E-state index in [1.165, 1.54) is 6.42 Å². The summed E-state index contributed by atoms with van der Waals surface area (Å²) in [6, 6.07) is 13.4. The minimum atomic E-state index is -4.61. The molecule has 0 aliphatic rings. The zero-order valence-corrected chi connectivity index (χ0v) is 18.3. The van der Waals surface area contributed by atoms with Gasteiger partial charge in [-0.05, 0) is 55.0 Å². The molecule has 1 heterocycles. The van der Waals surface area contributed by atoms with Crippen molar-refractivity contribution in [2.75, 3.05) is 17.2 Å². The van der Waals surface area contributed by atoms with Crippen molar-refractivity contribution in [3.05, 3.63) is 65.3 Å². The largest absolute Gasteiger partial charge is 0.494 e. The van der Waals surface area contributed by atoms with Crippen molar-refractivity contribution in [2.24, 2.45) is 0 Å². The number of alkyl halides is 3. The molecule has 0 amide bonds. The van der Waals surface area contributed by atoms with Gasteiger partial charge in [0, 0.05) is 22.6 Å². The number of benzene rings is 2. The Morgan fingerprint density at radius 1 is 0.906 bits per heavy atom. The second kappa shape index (κ2) is 11.0. The molecule has 0 spiro atoms. The van der Waals surface area contributed by atoms with Gasteiger partial charge in [-0.3, -0.25) is 0 Å². The van der Waals surface area contributed by atoms with E-state index in [4.69, 9.17) is 16.3 Å². The summed E-state index contributed by atoms with van der Waals surface area (Å²) in [6.45, 7) is 2.75. The molecule has 9 heteroatoms. The van der Waals surface area contributed by atoms with E-state index in [0.29, 0.717) is 28.8 Å². The predicted octanol–water partition coefficient (Wildman–Crippen LogP) is 7.60. The van der Waals surface area contributed by atoms with Crippen molar-refractivity contribution >= 4 is 34.7 Å². The summed E-state index contributed by atoms with van der Waals surface area (Å²) < 4.78 is 46.1. The van der Waals surface area contributed by atoms with E-state index in [1.54, 1.807) is 48.5 Å². The van der Waals surface area contributed by atoms with Crippen LogP contribution in [0.1, 0.15) is 38.2 Å². The molecule has 0 saturated carbocycles. The Morgan fingerprint density at radius 2 is 1.56 bits per heavy atom. The normalized spacial score (nSPS) is 11.3. The maximum atomic E-state index is 13.5. The van der Waals surface area contributed by atoms with Crippen molar-refractivity contribution in [3.63, 3.8) is 0 Å². The molecular weight excluding hydrogens is 441 g/mol. The summed E-state index contributed by atoms with van der Waals surface area (Å²) in [5.41, 5.74) is 0.0842. The molecule has 0 aliphatic heterocycles. The summed E-state index contributed by atoms with van der Waals surface area (Å²) in [6.07, 6.45) is 0.537. The fraction of sp³-hybridized carbons (Fsp3) is 0.304. The molecule has 170 valence electrons. The molecule has 0 atom stereocenters. The molecule has 2 N–H and O–H groups in total. The quantitative estimate of drug-likeness (QED) is 0.302. The zero-order chi connectivity index (χ0) is 23.0. The first-order valence-electron chi connectivity index (χ1n) is 10.3. The van der Waals surface area contributed by atoms with Gasteiger partial charge in [0.05, 0.1) is 6.61 Å². The van der Waals surface area contributed by atoms with E-state index in [0.717, 1.165) is 25.5 Å². The van der Waals surface area contributed by atoms with Crippen molar-refractivity contribution in [2.45, 2.75) is 38.8 Å². The number of halogens is 4. The topological polar surface area (TPSA) is 59.1 Å². The zero-order valence-electron chi connectivity index (χ0n) is 17.5. The van der Waals surface area contributed by atoms with Crippen LogP contribution in [0.25, 0.3) is 0 Å². The molecule has 0 fully saturated rings. The molecule has 2 aromatic carbocycles. The third-order valence-electron chi connectivity index (χ3n) is 4.58. The summed E-state index contributed by atoms with van der Waals surface area (Å²) in [7, 11) is 0. The highest BCUT2D eigenvalue weighted by molar-refractivity contribution is 6.30. The van der Waals surface area contributed by atoms with Crippen molar-refractivity contribution < 1.29 is 17.9 Å². The molecule has 3 rings (SSSR count). The van der Waals surface area contributed by atoms with Gasteiger partial charge < -0.3 is 15.4 Å². The standard InChI is InChI=1S/C23H24ClF3N4O/c1-2-3-4-5-14-32-19-12-10-17(11-13-19)29-21-20(23(25,26)27)15-28-22(31-21)30-18-8-6-16(24)7-9-18/h6-13,15H,2-5,14H2,1H3,(H2,28,29,30,31). The molecule has 1 aromatic heterocycles. The third-order valence-corrected chi connectivity index (χ3v) is 4.83. The van der Waals surface area contributed by atoms with Crippen LogP contribution in [-0.2, 0) is 6.18 Å². The molecule has 32 heavy (non-hydrogen) atoms. The van der Waals surface area contributed by atoms with Crippen LogP contribution in [0.5, 0.6) is 5.75 Å². The van der Waals surface area contributed by atoms with Gasteiger partial charge in [-0.1, -0.05) is 37.8 Å². The first-order chi connectivity index (χ1) is 15.3. The predicted molar refractivity (Wildman–Crippen MR) is 121 cm³/mol. The SMILES string of the molecule is CCCCCCOc1ccc(Nc2nc(Nc3ccc(Cl)cc3)ncc2C(F)(F)F)cc1. The van der Waals surface area contributed by atoms with Gasteiger partial charge in [0.1, 0.15) is 17.1 Å². The van der Waals surface area contributed by atoms with E-state index in [1.807, 2.05) is 0 Å². The van der Waals surface area contributed by atoms with E-state index in [2.05, 4.69) is 27.5 Å². The molecule has 0 saturated heterocycles. The second-order valence-corrected chi connectivity index (χ2v) is 7.58. The van der Waals surface area contributed by atoms with Gasteiger partial charge in [-0.2, -0.15) is 18.2 Å². The van der Waals surface area contributed by atoms with Crippen LogP contribution in [0.4, 0.5) is 36.3 Å². The highest BCUT2D eigenvalue weighted by Gasteiger charge is 2.35. The van der Waals surface area contributed by atoms with Crippen LogP contribution in [0.2, 0.25) is 5.02 Å². The Labute approximate surface area is 190 Å². The van der Waals surface area contributed by atoms with Crippen molar-refractivity contribution in [3.8, 4) is 5.75 Å². The minimum absolute atomic E-state index is 0.0230. The Kier molecular flexibility index (Phi) is 8.16. The molecule has 0 radical (unpaired) electrons. The Hall–Kier alpha value is -3.00. The lowest BCUT2D eigenvalue weighted by Crippen LogP contribution is -2.12. The lowest BCUT2D eigenvalue weighted by atomic mass is 10.2. The minimum Gasteiger partial charge on any atom is -0.494 e. The Balaban J connectivity index is 1.72. The number of hydrogen-bond acceptors (Lipinski definition) is 5. The average molecular weight is 465 g/mol. The highest BCUT2D eigenvalue weighted by Crippen LogP contribution is 2.35. The number of ether oxygens (including phenoxy) is 1. The number of nitrogens with one attached hydrogen (secondary N) is 2. The van der Waals surface area contributed by atoms with Crippen molar-refractivity contribution in [1.29, 1.82) is 0 Å². The van der Waals surface area contributed by atoms with E-state index in [-0.39, 0.29) is 11.8 Å². The van der Waals surface area contributed by atoms with Gasteiger partial charge in [0.25, 0.3) is 0 Å². The fourth-order valence-electron chi connectivity index (χ4n) is 2.90. The summed E-state index contributed by atoms with van der Waals surface area (Å²) in [5, 5.41) is 6.15. The highest BCUT2D eigenvalue weighted by atomic mass is 35.5. The van der Waals surface area contributed by atoms with Gasteiger partial charge in [-0.25, -0.2) is 4.98 Å². The van der Waals surface area contributed by atoms with Gasteiger partial charge in [-0.15, -0.1) is 0 Å². The summed E-state index contributed by atoms with van der Waals surface area (Å²) >= 11 is 5.86. The van der Waals surface area contributed by atoms with Gasteiger partial charge >= 0.3 is 6.18 Å². The molecular formula is C23H24ClF3N4O. The van der Waals surface area contributed by atoms with E-state index in [9.17, 15) is 13.2 Å². The molecule has 5 nitrogen and oxygen atoms in total. The molecule has 0 unspecified atom stereocenters. The van der Waals surface area contributed by atoms with Crippen molar-refractivity contribution in [1.82, 2.24) is 9.97 Å². The first kappa shape index (κ1) is 23.7. The Morgan fingerprint density at radius 3 is 2.22 bits per heavy atom. The summed E-state index contributed by atoms with van der Waals surface area (Å²) in [4.78, 5) is 7.83. The van der Waals surface area contributed by atoms with Gasteiger partial charge in [0.15, 0.2) is 0 Å². The monoisotopic (exact) mass is 464 g/mol. The smallest absolute Gasteiger partial charge is 0.421 e. The number of hydrogen-bond donors (Lipinski definition) is 2. The number of rotatable bonds is 10. The lowest BCUT2D eigenvalue weighted by Gasteiger charge is -2.15. The molecule has 0 aliphatic carbocycles. The van der Waals surface area contributed by atoms with Gasteiger partial charge in [0.2, 0.25) is 5.95 Å². The average Bonchev–Trinajstić information content (AvgIpc) is 2.76. The number of anilines is 4. The second-order valence-electron chi connectivity index (χ2n) is 7.14. The first-order valence-corrected chi connectivity index (χ1v) is 10.7. The van der Waals surface area contributed by atoms with Crippen LogP contribution in [0.15, 0.2) is 54.7 Å². The summed E-state index contributed by atoms with van der Waals surface area (Å²) in [5.74, 6) is 0.336. The molecule has 3 aromatic rings. The maximum absolute atomic E-state index is 13.5. The van der Waals surface area contributed by atoms with E-state index >= 15 is 0 Å². The van der Waals surface area contributed by atoms with Crippen LogP contribution >= 0.6 is 11.6 Å². The Bertz CT molecular complexity index is 996. The fourth-order valence-corrected chi connectivity index (χ4v) is 3.02. The van der Waals surface area contributed by atoms with Crippen LogP contribution < -0.4 is 15.4 Å². The third kappa shape index (κ3) is 7.02. The van der Waals surface area contributed by atoms with Crippen LogP contribution in [-0.4, -0.2) is 16.6 Å².